The second-order valence-corrected chi connectivity index (χ2v) is 4.00. The van der Waals surface area contributed by atoms with Gasteiger partial charge in [0, 0.05) is 11.1 Å². The third-order valence-electron chi connectivity index (χ3n) is 2.69. The van der Waals surface area contributed by atoms with E-state index in [1.54, 1.807) is 12.1 Å². The number of hydrogen-bond acceptors (Lipinski definition) is 3. The second kappa shape index (κ2) is 4.05. The number of anilines is 1. The van der Waals surface area contributed by atoms with Crippen LogP contribution in [0.1, 0.15) is 19.4 Å². The van der Waals surface area contributed by atoms with Crippen LogP contribution in [0, 0.1) is 0 Å². The van der Waals surface area contributed by atoms with Crippen molar-refractivity contribution >= 4 is 23.3 Å². The molecule has 0 aliphatic carbocycles. The van der Waals surface area contributed by atoms with E-state index in [0.29, 0.717) is 11.3 Å². The monoisotopic (exact) mass is 231 g/mol. The molecule has 0 spiro atoms. The summed E-state index contributed by atoms with van der Waals surface area (Å²) < 4.78 is 4.63. The van der Waals surface area contributed by atoms with Crippen molar-refractivity contribution in [1.29, 1.82) is 0 Å². The molecule has 4 nitrogen and oxygen atoms in total. The quantitative estimate of drug-likeness (QED) is 0.645. The number of fused-ring (bicyclic) bond motifs is 1. The van der Waals surface area contributed by atoms with Crippen molar-refractivity contribution in [1.82, 2.24) is 0 Å². The molecule has 0 radical (unpaired) electrons. The molecule has 17 heavy (non-hydrogen) atoms. The zero-order valence-corrected chi connectivity index (χ0v) is 9.98. The lowest BCUT2D eigenvalue weighted by Crippen LogP contribution is -2.33. The molecular weight excluding hydrogens is 218 g/mol. The van der Waals surface area contributed by atoms with Crippen LogP contribution in [0.5, 0.6) is 0 Å². The molecule has 1 aliphatic rings. The van der Waals surface area contributed by atoms with Gasteiger partial charge in [0.2, 0.25) is 0 Å². The van der Waals surface area contributed by atoms with Gasteiger partial charge in [0.05, 0.1) is 12.8 Å². The van der Waals surface area contributed by atoms with Gasteiger partial charge >= 0.3 is 6.09 Å². The topological polar surface area (TPSA) is 46.6 Å². The summed E-state index contributed by atoms with van der Waals surface area (Å²) in [7, 11) is 1.26. The number of carbonyl (C=O) groups is 2. The van der Waals surface area contributed by atoms with Crippen molar-refractivity contribution in [3.8, 4) is 0 Å². The Hall–Kier alpha value is -2.10. The van der Waals surface area contributed by atoms with Gasteiger partial charge < -0.3 is 4.74 Å². The minimum atomic E-state index is -0.654. The number of methoxy groups -OCH3 is 1. The molecule has 0 saturated carbocycles. The molecule has 1 aromatic rings. The number of rotatable bonds is 0. The first-order valence-corrected chi connectivity index (χ1v) is 5.27. The fourth-order valence-electron chi connectivity index (χ4n) is 1.97. The van der Waals surface area contributed by atoms with E-state index in [0.717, 1.165) is 16.0 Å². The number of carbonyl (C=O) groups excluding carboxylic acids is 2. The van der Waals surface area contributed by atoms with Gasteiger partial charge in [-0.3, -0.25) is 4.79 Å². The molecule has 1 heterocycles. The van der Waals surface area contributed by atoms with Gasteiger partial charge in [-0.15, -0.1) is 0 Å². The van der Waals surface area contributed by atoms with Crippen LogP contribution in [0.4, 0.5) is 10.5 Å². The highest BCUT2D eigenvalue weighted by Crippen LogP contribution is 2.38. The van der Waals surface area contributed by atoms with Gasteiger partial charge in [0.1, 0.15) is 0 Å². The van der Waals surface area contributed by atoms with E-state index >= 15 is 0 Å². The first-order chi connectivity index (χ1) is 8.07. The molecule has 0 saturated heterocycles. The lowest BCUT2D eigenvalue weighted by Gasteiger charge is -2.12. The predicted octanol–water partition coefficient (Wildman–Crippen LogP) is 2.59. The van der Waals surface area contributed by atoms with E-state index in [1.807, 2.05) is 26.0 Å². The Kier molecular flexibility index (Phi) is 2.71. The summed E-state index contributed by atoms with van der Waals surface area (Å²) in [6, 6.07) is 7.20. The molecule has 1 aliphatic heterocycles. The van der Waals surface area contributed by atoms with Crippen LogP contribution >= 0.6 is 0 Å². The zero-order valence-electron chi connectivity index (χ0n) is 9.98. The summed E-state index contributed by atoms with van der Waals surface area (Å²) in [5.74, 6) is -0.321. The molecular formula is C13H13NO3. The fraction of sp³-hybridized carbons (Fsp3) is 0.231. The van der Waals surface area contributed by atoms with Gasteiger partial charge in [0.15, 0.2) is 0 Å². The van der Waals surface area contributed by atoms with Gasteiger partial charge in [-0.05, 0) is 19.9 Å². The molecule has 2 amide bonds. The van der Waals surface area contributed by atoms with Crippen molar-refractivity contribution in [3.05, 3.63) is 35.4 Å². The number of allylic oxidation sites excluding steroid dienone is 1. The molecule has 0 unspecified atom stereocenters. The first kappa shape index (κ1) is 11.4. The second-order valence-electron chi connectivity index (χ2n) is 4.00. The summed E-state index contributed by atoms with van der Waals surface area (Å²) >= 11 is 0. The highest BCUT2D eigenvalue weighted by molar-refractivity contribution is 6.39. The Bertz CT molecular complexity index is 527. The van der Waals surface area contributed by atoms with Crippen molar-refractivity contribution < 1.29 is 14.3 Å². The van der Waals surface area contributed by atoms with E-state index in [1.165, 1.54) is 7.11 Å². The predicted molar refractivity (Wildman–Crippen MR) is 64.6 cm³/mol. The van der Waals surface area contributed by atoms with Gasteiger partial charge in [0.25, 0.3) is 5.91 Å². The maximum atomic E-state index is 12.2. The van der Waals surface area contributed by atoms with Crippen LogP contribution in [0.3, 0.4) is 0 Å². The maximum absolute atomic E-state index is 12.2. The van der Waals surface area contributed by atoms with E-state index in [2.05, 4.69) is 4.74 Å². The Labute approximate surface area is 99.5 Å². The Morgan fingerprint density at radius 1 is 1.24 bits per heavy atom. The molecule has 0 atom stereocenters. The lowest BCUT2D eigenvalue weighted by molar-refractivity contribution is -0.112. The van der Waals surface area contributed by atoms with Gasteiger partial charge in [-0.1, -0.05) is 23.8 Å². The van der Waals surface area contributed by atoms with Crippen molar-refractivity contribution in [2.75, 3.05) is 12.0 Å². The summed E-state index contributed by atoms with van der Waals surface area (Å²) in [5, 5.41) is 0. The van der Waals surface area contributed by atoms with Crippen molar-refractivity contribution in [3.63, 3.8) is 0 Å². The number of para-hydroxylation sites is 1. The molecule has 0 fully saturated rings. The first-order valence-electron chi connectivity index (χ1n) is 5.27. The minimum Gasteiger partial charge on any atom is -0.452 e. The third-order valence-corrected chi connectivity index (χ3v) is 2.69. The zero-order chi connectivity index (χ0) is 12.6. The molecule has 0 bridgehead atoms. The largest absolute Gasteiger partial charge is 0.452 e. The van der Waals surface area contributed by atoms with Crippen LogP contribution in [-0.4, -0.2) is 19.1 Å². The van der Waals surface area contributed by atoms with Crippen LogP contribution in [0.2, 0.25) is 0 Å². The highest BCUT2D eigenvalue weighted by Gasteiger charge is 2.37. The van der Waals surface area contributed by atoms with E-state index < -0.39 is 6.09 Å². The Morgan fingerprint density at radius 3 is 2.47 bits per heavy atom. The molecule has 88 valence electrons. The number of nitrogens with zero attached hydrogens (tertiary/aromatic N) is 1. The number of hydrogen-bond donors (Lipinski definition) is 0. The third kappa shape index (κ3) is 1.62. The van der Waals surface area contributed by atoms with Crippen LogP contribution in [0.15, 0.2) is 29.8 Å². The van der Waals surface area contributed by atoms with Crippen LogP contribution in [0.25, 0.3) is 5.57 Å². The number of imide groups is 1. The molecule has 4 heteroatoms. The number of ether oxygens (including phenoxy) is 1. The van der Waals surface area contributed by atoms with E-state index in [9.17, 15) is 9.59 Å². The molecule has 0 N–H and O–H groups in total. The van der Waals surface area contributed by atoms with E-state index in [-0.39, 0.29) is 5.91 Å². The Balaban J connectivity index is 2.66. The Morgan fingerprint density at radius 2 is 1.88 bits per heavy atom. The normalized spacial score (nSPS) is 13.7. The number of amides is 2. The minimum absolute atomic E-state index is 0.321. The summed E-state index contributed by atoms with van der Waals surface area (Å²) in [6.07, 6.45) is -0.654. The average Bonchev–Trinajstić information content (AvgIpc) is 2.60. The van der Waals surface area contributed by atoms with Crippen LogP contribution in [-0.2, 0) is 9.53 Å². The van der Waals surface area contributed by atoms with Crippen molar-refractivity contribution in [2.45, 2.75) is 13.8 Å². The van der Waals surface area contributed by atoms with Crippen molar-refractivity contribution in [2.24, 2.45) is 0 Å². The molecule has 2 rings (SSSR count). The van der Waals surface area contributed by atoms with Crippen LogP contribution < -0.4 is 4.90 Å². The van der Waals surface area contributed by atoms with E-state index in [4.69, 9.17) is 0 Å². The summed E-state index contributed by atoms with van der Waals surface area (Å²) in [4.78, 5) is 24.9. The smallest absolute Gasteiger partial charge is 0.421 e. The summed E-state index contributed by atoms with van der Waals surface area (Å²) in [6.45, 7) is 3.70. The summed E-state index contributed by atoms with van der Waals surface area (Å²) in [5.41, 5.74) is 2.82. The van der Waals surface area contributed by atoms with Gasteiger partial charge in [-0.25, -0.2) is 9.69 Å². The molecule has 1 aromatic carbocycles. The number of benzene rings is 1. The lowest BCUT2D eigenvalue weighted by atomic mass is 10.0. The maximum Gasteiger partial charge on any atom is 0.421 e. The van der Waals surface area contributed by atoms with Gasteiger partial charge in [-0.2, -0.15) is 0 Å². The highest BCUT2D eigenvalue weighted by atomic mass is 16.5. The average molecular weight is 231 g/mol. The standard InChI is InChI=1S/C13H13NO3/c1-8(2)11-9-6-4-5-7-10(9)14(12(11)15)13(16)17-3/h4-7H,1-3H3. The molecule has 0 aromatic heterocycles. The SMILES string of the molecule is COC(=O)N1C(=O)C(=C(C)C)c2ccccc21. The fourth-order valence-corrected chi connectivity index (χ4v) is 1.97.